The second-order valence-electron chi connectivity index (χ2n) is 13.3. The van der Waals surface area contributed by atoms with Crippen molar-refractivity contribution >= 4 is 45.9 Å². The third-order valence-electron chi connectivity index (χ3n) is 9.72. The Morgan fingerprint density at radius 2 is 1.21 bits per heavy atom. The minimum Gasteiger partial charge on any atom is -0.394 e. The van der Waals surface area contributed by atoms with Crippen molar-refractivity contribution in [1.82, 2.24) is 19.9 Å². The SMILES string of the molecule is OC[C@H]1O[C@@H](O[C@H]2[C@H](O)[C@@H](O)C(c3ccc(C4=Cc5cc6ccc(cc7ccc(cc8nc(cc4n5)C=C8)[nH]7)[nH]6)cc3)O[C@@H]2CO)[C@H](O)[C@@H](O)[C@H]1O. The predicted molar refractivity (Wildman–Crippen MR) is 189 cm³/mol. The van der Waals surface area contributed by atoms with Crippen LogP contribution in [0, 0.1) is 0 Å². The first-order valence-electron chi connectivity index (χ1n) is 16.9. The third-order valence-corrected chi connectivity index (χ3v) is 9.72. The number of hydrogen-bond acceptors (Lipinski definition) is 12. The summed E-state index contributed by atoms with van der Waals surface area (Å²) in [4.78, 5) is 16.5. The van der Waals surface area contributed by atoms with Gasteiger partial charge in [-0.1, -0.05) is 24.3 Å². The van der Waals surface area contributed by atoms with Gasteiger partial charge in [0.15, 0.2) is 6.29 Å². The Bertz CT molecular complexity index is 2160. The van der Waals surface area contributed by atoms with E-state index in [9.17, 15) is 35.7 Å². The van der Waals surface area contributed by atoms with E-state index in [-0.39, 0.29) is 0 Å². The molecule has 0 radical (unpaired) electrons. The van der Waals surface area contributed by atoms with Crippen molar-refractivity contribution < 1.29 is 50.0 Å². The highest BCUT2D eigenvalue weighted by Gasteiger charge is 2.50. The number of ether oxygens (including phenoxy) is 3. The van der Waals surface area contributed by atoms with Crippen LogP contribution in [0.1, 0.15) is 40.0 Å². The summed E-state index contributed by atoms with van der Waals surface area (Å²) < 4.78 is 17.1. The summed E-state index contributed by atoms with van der Waals surface area (Å²) in [7, 11) is 0. The molecule has 0 spiro atoms. The standard InChI is InChI=1S/C38H38N4O10/c43-16-29-31(45)32(46)35(49)38(51-29)52-37-30(17-44)50-36(33(47)34(37)48)19-3-1-18(2-4-19)27-14-26-13-24-8-7-22(40-24)11-20-5-6-21(39-20)12-23-9-10-25(41-23)15-28(27)42-26/h1-15,29-40,43-49H,16-17H2/t29-,30-,31+,32+,33-,34-,35-,36?,37-,38+/m1/s1. The van der Waals surface area contributed by atoms with Gasteiger partial charge in [-0.25, -0.2) is 9.97 Å². The van der Waals surface area contributed by atoms with E-state index in [1.165, 1.54) is 0 Å². The molecular weight excluding hydrogens is 672 g/mol. The normalized spacial score (nSPS) is 30.3. The van der Waals surface area contributed by atoms with Crippen LogP contribution in [0.5, 0.6) is 0 Å². The molecule has 0 amide bonds. The number of fused-ring (bicyclic) bond motifs is 8. The maximum absolute atomic E-state index is 11.2. The number of H-pyrrole nitrogens is 2. The summed E-state index contributed by atoms with van der Waals surface area (Å²) in [6.45, 7) is -1.30. The van der Waals surface area contributed by atoms with Crippen LogP contribution in [0.4, 0.5) is 0 Å². The Morgan fingerprint density at radius 1 is 0.596 bits per heavy atom. The molecule has 4 aliphatic rings. The van der Waals surface area contributed by atoms with E-state index in [4.69, 9.17) is 24.2 Å². The molecule has 4 aliphatic heterocycles. The number of benzene rings is 1. The molecule has 1 unspecified atom stereocenters. The number of aliphatic hydroxyl groups is 7. The van der Waals surface area contributed by atoms with Gasteiger partial charge in [0, 0.05) is 27.6 Å². The summed E-state index contributed by atoms with van der Waals surface area (Å²) >= 11 is 0. The molecule has 14 nitrogen and oxygen atoms in total. The number of aromatic amines is 2. The van der Waals surface area contributed by atoms with Crippen LogP contribution >= 0.6 is 0 Å². The Morgan fingerprint density at radius 3 is 1.87 bits per heavy atom. The van der Waals surface area contributed by atoms with Crippen LogP contribution < -0.4 is 0 Å². The highest BCUT2D eigenvalue weighted by Crippen LogP contribution is 2.37. The minimum atomic E-state index is -1.75. The second kappa shape index (κ2) is 14.1. The molecule has 2 saturated heterocycles. The van der Waals surface area contributed by atoms with Gasteiger partial charge in [0.1, 0.15) is 54.9 Å². The maximum Gasteiger partial charge on any atom is 0.187 e. The molecular formula is C38H38N4O10. The fraction of sp³-hybridized carbons (Fsp3) is 0.316. The second-order valence-corrected chi connectivity index (χ2v) is 13.3. The third kappa shape index (κ3) is 6.61. The molecule has 14 heteroatoms. The van der Waals surface area contributed by atoms with Crippen LogP contribution in [-0.4, -0.2) is 124 Å². The molecule has 7 heterocycles. The summed E-state index contributed by atoms with van der Waals surface area (Å²) in [5, 5.41) is 72.7. The van der Waals surface area contributed by atoms with Gasteiger partial charge in [-0.2, -0.15) is 0 Å². The first-order chi connectivity index (χ1) is 25.2. The minimum absolute atomic E-state index is 0.516. The van der Waals surface area contributed by atoms with Crippen molar-refractivity contribution in [1.29, 1.82) is 0 Å². The fourth-order valence-corrected chi connectivity index (χ4v) is 6.96. The summed E-state index contributed by atoms with van der Waals surface area (Å²) in [5.41, 5.74) is 8.86. The number of nitrogens with one attached hydrogen (secondary N) is 2. The van der Waals surface area contributed by atoms with Crippen molar-refractivity contribution in [2.45, 2.75) is 61.2 Å². The number of rotatable bonds is 6. The van der Waals surface area contributed by atoms with Crippen LogP contribution in [0.3, 0.4) is 0 Å². The Kier molecular flexibility index (Phi) is 9.35. The lowest BCUT2D eigenvalue weighted by Gasteiger charge is -2.46. The number of nitrogens with zero attached hydrogens (tertiary/aromatic N) is 2. The van der Waals surface area contributed by atoms with Gasteiger partial charge in [0.2, 0.25) is 0 Å². The smallest absolute Gasteiger partial charge is 0.187 e. The molecule has 8 rings (SSSR count). The molecule has 270 valence electrons. The van der Waals surface area contributed by atoms with Crippen LogP contribution in [-0.2, 0) is 14.2 Å². The van der Waals surface area contributed by atoms with Crippen LogP contribution in [0.2, 0.25) is 0 Å². The zero-order valence-corrected chi connectivity index (χ0v) is 27.6. The molecule has 4 aromatic rings. The van der Waals surface area contributed by atoms with Gasteiger partial charge >= 0.3 is 0 Å². The average molecular weight is 711 g/mol. The number of aromatic nitrogens is 4. The summed E-state index contributed by atoms with van der Waals surface area (Å²) in [6, 6.07) is 23.1. The van der Waals surface area contributed by atoms with Crippen molar-refractivity contribution in [3.8, 4) is 0 Å². The lowest BCUT2D eigenvalue weighted by Crippen LogP contribution is -2.63. The Labute approximate surface area is 296 Å². The molecule has 9 N–H and O–H groups in total. The van der Waals surface area contributed by atoms with Crippen LogP contribution in [0.15, 0.2) is 72.8 Å². The fourth-order valence-electron chi connectivity index (χ4n) is 6.96. The Balaban J connectivity index is 1.07. The maximum atomic E-state index is 11.2. The van der Waals surface area contributed by atoms with E-state index in [0.717, 1.165) is 50.3 Å². The molecule has 1 aromatic carbocycles. The molecule has 3 aromatic heterocycles. The van der Waals surface area contributed by atoms with Crippen LogP contribution in [0.25, 0.3) is 45.9 Å². The first-order valence-corrected chi connectivity index (χ1v) is 16.9. The van der Waals surface area contributed by atoms with Gasteiger partial charge in [-0.05, 0) is 77.9 Å². The predicted octanol–water partition coefficient (Wildman–Crippen LogP) is 1.41. The van der Waals surface area contributed by atoms with E-state index in [1.807, 2.05) is 78.9 Å². The van der Waals surface area contributed by atoms with E-state index in [0.29, 0.717) is 11.3 Å². The van der Waals surface area contributed by atoms with Gasteiger partial charge in [0.25, 0.3) is 0 Å². The topological polar surface area (TPSA) is 227 Å². The number of hydrogen-bond donors (Lipinski definition) is 9. The molecule has 10 atom stereocenters. The van der Waals surface area contributed by atoms with Crippen molar-refractivity contribution in [3.05, 3.63) is 107 Å². The molecule has 2 fully saturated rings. The van der Waals surface area contributed by atoms with Gasteiger partial charge in [0.05, 0.1) is 36.0 Å². The monoisotopic (exact) mass is 710 g/mol. The Hall–Kier alpha value is -4.58. The van der Waals surface area contributed by atoms with E-state index in [1.54, 1.807) is 12.1 Å². The molecule has 0 saturated carbocycles. The number of aliphatic hydroxyl groups excluding tert-OH is 7. The van der Waals surface area contributed by atoms with Gasteiger partial charge in [-0.15, -0.1) is 0 Å². The molecule has 0 aliphatic carbocycles. The zero-order valence-electron chi connectivity index (χ0n) is 27.6. The van der Waals surface area contributed by atoms with Crippen molar-refractivity contribution in [2.75, 3.05) is 13.2 Å². The lowest BCUT2D eigenvalue weighted by atomic mass is 9.90. The highest BCUT2D eigenvalue weighted by molar-refractivity contribution is 5.93. The van der Waals surface area contributed by atoms with E-state index >= 15 is 0 Å². The van der Waals surface area contributed by atoms with Crippen molar-refractivity contribution in [2.24, 2.45) is 0 Å². The molecule has 52 heavy (non-hydrogen) atoms. The van der Waals surface area contributed by atoms with E-state index < -0.39 is 74.4 Å². The molecule has 8 bridgehead atoms. The van der Waals surface area contributed by atoms with E-state index in [2.05, 4.69) is 9.97 Å². The summed E-state index contributed by atoms with van der Waals surface area (Å²) in [6.07, 6.45) is -8.84. The first kappa shape index (κ1) is 34.5. The van der Waals surface area contributed by atoms with Gasteiger partial charge in [-0.3, -0.25) is 0 Å². The summed E-state index contributed by atoms with van der Waals surface area (Å²) in [5.74, 6) is 0. The highest BCUT2D eigenvalue weighted by atomic mass is 16.7. The zero-order chi connectivity index (χ0) is 36.1. The lowest BCUT2D eigenvalue weighted by molar-refractivity contribution is -0.342. The largest absolute Gasteiger partial charge is 0.394 e. The van der Waals surface area contributed by atoms with Crippen molar-refractivity contribution in [3.63, 3.8) is 0 Å². The quantitative estimate of drug-likeness (QED) is 0.120. The average Bonchev–Trinajstić information content (AvgIpc) is 3.97. The van der Waals surface area contributed by atoms with Gasteiger partial charge < -0.3 is 59.9 Å².